The average Bonchev–Trinajstić information content (AvgIpc) is 3.20. The number of pyridine rings is 1. The van der Waals surface area contributed by atoms with Crippen LogP contribution in [0, 0.1) is 0 Å². The van der Waals surface area contributed by atoms with Crippen molar-refractivity contribution in [1.29, 1.82) is 0 Å². The molecule has 0 unspecified atom stereocenters. The highest BCUT2D eigenvalue weighted by atomic mass is 35.5. The van der Waals surface area contributed by atoms with Crippen LogP contribution in [0.1, 0.15) is 32.8 Å². The maximum Gasteiger partial charge on any atom is 0.289 e. The molecule has 8 nitrogen and oxygen atoms in total. The lowest BCUT2D eigenvalue weighted by atomic mass is 10.1. The molecule has 10 heteroatoms. The summed E-state index contributed by atoms with van der Waals surface area (Å²) in [6.45, 7) is 7.00. The average molecular weight is 452 g/mol. The van der Waals surface area contributed by atoms with Crippen LogP contribution in [-0.4, -0.2) is 30.9 Å². The molecule has 0 N–H and O–H groups in total. The van der Waals surface area contributed by atoms with Gasteiger partial charge >= 0.3 is 0 Å². The van der Waals surface area contributed by atoms with Crippen molar-refractivity contribution in [1.82, 2.24) is 24.3 Å². The van der Waals surface area contributed by atoms with E-state index in [1.54, 1.807) is 24.7 Å². The van der Waals surface area contributed by atoms with Gasteiger partial charge in [-0.3, -0.25) is 4.79 Å². The Kier molecular flexibility index (Phi) is 6.99. The van der Waals surface area contributed by atoms with Crippen LogP contribution in [0.2, 0.25) is 10.2 Å². The van der Waals surface area contributed by atoms with Crippen molar-refractivity contribution in [3.05, 3.63) is 63.1 Å². The first-order valence-electron chi connectivity index (χ1n) is 9.41. The molecule has 0 fully saturated rings. The minimum Gasteiger partial charge on any atom is -0.485 e. The molecule has 0 atom stereocenters. The lowest BCUT2D eigenvalue weighted by molar-refractivity contribution is 0.285. The van der Waals surface area contributed by atoms with Crippen LogP contribution in [0.4, 0.5) is 0 Å². The summed E-state index contributed by atoms with van der Waals surface area (Å²) < 4.78 is 14.6. The predicted molar refractivity (Wildman–Crippen MR) is 114 cm³/mol. The van der Waals surface area contributed by atoms with E-state index in [2.05, 4.69) is 15.1 Å². The van der Waals surface area contributed by atoms with E-state index in [-0.39, 0.29) is 22.5 Å². The largest absolute Gasteiger partial charge is 0.485 e. The fourth-order valence-corrected chi connectivity index (χ4v) is 3.01. The molecule has 0 aliphatic rings. The number of aryl methyl sites for hydroxylation is 1. The van der Waals surface area contributed by atoms with Crippen LogP contribution in [0.25, 0.3) is 0 Å². The Labute approximate surface area is 184 Å². The van der Waals surface area contributed by atoms with Gasteiger partial charge in [-0.15, -0.1) is 0 Å². The first-order valence-corrected chi connectivity index (χ1v) is 10.2. The zero-order valence-electron chi connectivity index (χ0n) is 17.0. The molecule has 0 aliphatic heterocycles. The Morgan fingerprint density at radius 3 is 2.63 bits per heavy atom. The Morgan fingerprint density at radius 1 is 1.17 bits per heavy atom. The Balaban J connectivity index is 1.57. The van der Waals surface area contributed by atoms with Crippen LogP contribution in [0.15, 0.2) is 41.8 Å². The highest BCUT2D eigenvalue weighted by Crippen LogP contribution is 2.24. The molecule has 30 heavy (non-hydrogen) atoms. The smallest absolute Gasteiger partial charge is 0.289 e. The number of aromatic nitrogens is 5. The second-order valence-corrected chi connectivity index (χ2v) is 8.34. The minimum atomic E-state index is -0.485. The van der Waals surface area contributed by atoms with Gasteiger partial charge in [-0.25, -0.2) is 14.6 Å². The lowest BCUT2D eigenvalue weighted by Crippen LogP contribution is -2.36. The number of rotatable bonds is 8. The van der Waals surface area contributed by atoms with E-state index in [9.17, 15) is 4.79 Å². The molecule has 160 valence electrons. The van der Waals surface area contributed by atoms with Gasteiger partial charge in [0.25, 0.3) is 5.56 Å². The van der Waals surface area contributed by atoms with E-state index in [1.807, 2.05) is 31.5 Å². The third-order valence-electron chi connectivity index (χ3n) is 4.18. The van der Waals surface area contributed by atoms with E-state index in [1.165, 1.54) is 10.9 Å². The number of ether oxygens (including phenoxy) is 2. The molecule has 0 saturated carbocycles. The van der Waals surface area contributed by atoms with Gasteiger partial charge < -0.3 is 14.0 Å². The van der Waals surface area contributed by atoms with Gasteiger partial charge in [0, 0.05) is 30.6 Å². The Hall–Kier alpha value is -2.58. The van der Waals surface area contributed by atoms with Gasteiger partial charge in [0.15, 0.2) is 10.8 Å². The second kappa shape index (κ2) is 9.49. The number of nitrogens with zero attached hydrogens (tertiary/aromatic N) is 5. The summed E-state index contributed by atoms with van der Waals surface area (Å²) >= 11 is 12.4. The third-order valence-corrected chi connectivity index (χ3v) is 4.85. The van der Waals surface area contributed by atoms with Crippen molar-refractivity contribution in [2.24, 2.45) is 0 Å². The van der Waals surface area contributed by atoms with Crippen molar-refractivity contribution < 1.29 is 9.47 Å². The SMILES string of the molecule is CC(C)(C)n1ncc(OCc2ccc(OCCCn3ccnc3)nc2Cl)c(Cl)c1=O. The molecule has 0 aromatic carbocycles. The second-order valence-electron chi connectivity index (χ2n) is 7.60. The van der Waals surface area contributed by atoms with Crippen LogP contribution in [-0.2, 0) is 18.7 Å². The lowest BCUT2D eigenvalue weighted by Gasteiger charge is -2.21. The van der Waals surface area contributed by atoms with Gasteiger partial charge in [0.2, 0.25) is 5.88 Å². The minimum absolute atomic E-state index is 0.0261. The van der Waals surface area contributed by atoms with Crippen molar-refractivity contribution >= 4 is 23.2 Å². The molecule has 3 rings (SSSR count). The van der Waals surface area contributed by atoms with E-state index in [0.717, 1.165) is 13.0 Å². The number of halogens is 2. The molecular weight excluding hydrogens is 429 g/mol. The zero-order chi connectivity index (χ0) is 21.7. The molecular formula is C20H23Cl2N5O3. The number of hydrogen-bond donors (Lipinski definition) is 0. The van der Waals surface area contributed by atoms with Crippen molar-refractivity contribution in [2.45, 2.75) is 45.9 Å². The fraction of sp³-hybridized carbons (Fsp3) is 0.400. The topological polar surface area (TPSA) is 84.1 Å². The maximum absolute atomic E-state index is 12.4. The Bertz CT molecular complexity index is 1050. The predicted octanol–water partition coefficient (Wildman–Crippen LogP) is 3.94. The monoisotopic (exact) mass is 451 g/mol. The quantitative estimate of drug-likeness (QED) is 0.380. The standard InChI is InChI=1S/C20H23Cl2N5O3/c1-20(2,3)27-19(28)17(21)15(11-24-27)30-12-14-5-6-16(25-18(14)22)29-10-4-8-26-9-7-23-13-26/h5-7,9,11,13H,4,8,10,12H2,1-3H3. The number of imidazole rings is 1. The highest BCUT2D eigenvalue weighted by molar-refractivity contribution is 6.31. The molecule has 0 aliphatic carbocycles. The summed E-state index contributed by atoms with van der Waals surface area (Å²) in [5.74, 6) is 0.625. The molecule has 0 amide bonds. The van der Waals surface area contributed by atoms with Crippen molar-refractivity contribution in [2.75, 3.05) is 6.61 Å². The third kappa shape index (κ3) is 5.52. The zero-order valence-corrected chi connectivity index (χ0v) is 18.5. The fourth-order valence-electron chi connectivity index (χ4n) is 2.63. The van der Waals surface area contributed by atoms with Gasteiger partial charge in [-0.1, -0.05) is 23.2 Å². The molecule has 3 aromatic rings. The normalized spacial score (nSPS) is 11.5. The van der Waals surface area contributed by atoms with E-state index in [0.29, 0.717) is 18.1 Å². The molecule has 3 aromatic heterocycles. The van der Waals surface area contributed by atoms with E-state index in [4.69, 9.17) is 32.7 Å². The summed E-state index contributed by atoms with van der Waals surface area (Å²) in [5, 5.41) is 4.37. The van der Waals surface area contributed by atoms with Gasteiger partial charge in [-0.2, -0.15) is 5.10 Å². The molecule has 3 heterocycles. The summed E-state index contributed by atoms with van der Waals surface area (Å²) in [4.78, 5) is 20.6. The molecule has 0 radical (unpaired) electrons. The van der Waals surface area contributed by atoms with Gasteiger partial charge in [0.05, 0.1) is 24.7 Å². The van der Waals surface area contributed by atoms with Crippen molar-refractivity contribution in [3.8, 4) is 11.6 Å². The Morgan fingerprint density at radius 2 is 1.97 bits per heavy atom. The summed E-state index contributed by atoms with van der Waals surface area (Å²) in [5.41, 5.74) is -0.259. The summed E-state index contributed by atoms with van der Waals surface area (Å²) in [6, 6.07) is 3.48. The molecule has 0 saturated heterocycles. The van der Waals surface area contributed by atoms with Crippen LogP contribution in [0.3, 0.4) is 0 Å². The summed E-state index contributed by atoms with van der Waals surface area (Å²) in [6.07, 6.45) is 7.63. The van der Waals surface area contributed by atoms with Crippen LogP contribution >= 0.6 is 23.2 Å². The van der Waals surface area contributed by atoms with E-state index < -0.39 is 11.1 Å². The molecule has 0 bridgehead atoms. The van der Waals surface area contributed by atoms with Gasteiger partial charge in [0.1, 0.15) is 11.8 Å². The first kappa shape index (κ1) is 22.1. The van der Waals surface area contributed by atoms with Gasteiger partial charge in [-0.05, 0) is 33.3 Å². The van der Waals surface area contributed by atoms with Crippen molar-refractivity contribution in [3.63, 3.8) is 0 Å². The van der Waals surface area contributed by atoms with Crippen LogP contribution in [0.5, 0.6) is 11.6 Å². The van der Waals surface area contributed by atoms with Crippen LogP contribution < -0.4 is 15.0 Å². The number of hydrogen-bond acceptors (Lipinski definition) is 6. The summed E-state index contributed by atoms with van der Waals surface area (Å²) in [7, 11) is 0. The maximum atomic E-state index is 12.4. The first-order chi connectivity index (χ1) is 14.3. The van der Waals surface area contributed by atoms with E-state index >= 15 is 0 Å². The molecule has 0 spiro atoms. The highest BCUT2D eigenvalue weighted by Gasteiger charge is 2.20.